The molecule has 9 heteroatoms. The summed E-state index contributed by atoms with van der Waals surface area (Å²) in [5, 5.41) is 2.48. The van der Waals surface area contributed by atoms with Crippen molar-refractivity contribution in [2.45, 2.75) is 11.3 Å². The summed E-state index contributed by atoms with van der Waals surface area (Å²) in [4.78, 5) is 26.6. The average Bonchev–Trinajstić information content (AvgIpc) is 2.56. The molecule has 1 N–H and O–H groups in total. The maximum absolute atomic E-state index is 12.3. The van der Waals surface area contributed by atoms with E-state index in [9.17, 15) is 22.8 Å². The number of benzene rings is 2. The minimum absolute atomic E-state index is 0.142. The smallest absolute Gasteiger partial charge is 0.406 e. The third kappa shape index (κ3) is 4.48. The van der Waals surface area contributed by atoms with Crippen LogP contribution in [-0.2, 0) is 9.59 Å². The number of ether oxygens (including phenoxy) is 1. The van der Waals surface area contributed by atoms with Gasteiger partial charge in [-0.05, 0) is 24.3 Å². The number of amides is 2. The fourth-order valence-electron chi connectivity index (χ4n) is 2.44. The monoisotopic (exact) mass is 382 g/mol. The maximum Gasteiger partial charge on any atom is 0.573 e. The highest BCUT2D eigenvalue weighted by atomic mass is 32.2. The Morgan fingerprint density at radius 3 is 2.73 bits per heavy atom. The fourth-order valence-corrected chi connectivity index (χ4v) is 3.38. The number of carbonyl (C=O) groups excluding carboxylic acids is 2. The van der Waals surface area contributed by atoms with Crippen LogP contribution < -0.4 is 15.0 Å². The molecule has 0 aromatic heterocycles. The SMILES string of the molecule is O=C(CN1C(=O)CSc2ccccc21)Nc1cccc(OC(F)(F)F)c1. The van der Waals surface area contributed by atoms with E-state index in [4.69, 9.17) is 0 Å². The standard InChI is InChI=1S/C17H13F3N2O3S/c18-17(19,20)25-12-5-3-4-11(8-12)21-15(23)9-22-13-6-1-2-7-14(13)26-10-16(22)24/h1-8H,9-10H2,(H,21,23). The zero-order valence-electron chi connectivity index (χ0n) is 13.2. The molecule has 1 aliphatic heterocycles. The zero-order chi connectivity index (χ0) is 18.7. The van der Waals surface area contributed by atoms with E-state index in [0.29, 0.717) is 5.69 Å². The molecule has 0 bridgehead atoms. The Hall–Kier alpha value is -2.68. The molecule has 0 saturated carbocycles. The van der Waals surface area contributed by atoms with Crippen molar-refractivity contribution in [3.8, 4) is 5.75 Å². The highest BCUT2D eigenvalue weighted by Crippen LogP contribution is 2.34. The van der Waals surface area contributed by atoms with Crippen LogP contribution in [0.15, 0.2) is 53.4 Å². The van der Waals surface area contributed by atoms with Crippen LogP contribution in [0.25, 0.3) is 0 Å². The molecular weight excluding hydrogens is 369 g/mol. The van der Waals surface area contributed by atoms with Crippen LogP contribution in [0.5, 0.6) is 5.75 Å². The van der Waals surface area contributed by atoms with Gasteiger partial charge in [-0.3, -0.25) is 9.59 Å². The van der Waals surface area contributed by atoms with Crippen molar-refractivity contribution in [3.63, 3.8) is 0 Å². The predicted molar refractivity (Wildman–Crippen MR) is 91.3 cm³/mol. The van der Waals surface area contributed by atoms with Crippen molar-refractivity contribution in [1.29, 1.82) is 0 Å². The van der Waals surface area contributed by atoms with Gasteiger partial charge in [0, 0.05) is 16.6 Å². The Kier molecular flexibility index (Phi) is 5.08. The van der Waals surface area contributed by atoms with Crippen LogP contribution in [0.3, 0.4) is 0 Å². The maximum atomic E-state index is 12.3. The molecule has 136 valence electrons. The van der Waals surface area contributed by atoms with Gasteiger partial charge in [0.2, 0.25) is 11.8 Å². The lowest BCUT2D eigenvalue weighted by atomic mass is 10.2. The second-order valence-corrected chi connectivity index (χ2v) is 6.38. The van der Waals surface area contributed by atoms with Gasteiger partial charge in [0.05, 0.1) is 11.4 Å². The van der Waals surface area contributed by atoms with E-state index < -0.39 is 18.0 Å². The first kappa shape index (κ1) is 18.1. The summed E-state index contributed by atoms with van der Waals surface area (Å²) in [6, 6.07) is 12.2. The van der Waals surface area contributed by atoms with Crippen LogP contribution in [-0.4, -0.2) is 30.5 Å². The Morgan fingerprint density at radius 1 is 1.19 bits per heavy atom. The number of carbonyl (C=O) groups is 2. The summed E-state index contributed by atoms with van der Waals surface area (Å²) >= 11 is 1.39. The first-order valence-electron chi connectivity index (χ1n) is 7.50. The lowest BCUT2D eigenvalue weighted by molar-refractivity contribution is -0.274. The predicted octanol–water partition coefficient (Wildman–Crippen LogP) is 3.66. The van der Waals surface area contributed by atoms with Gasteiger partial charge in [-0.2, -0.15) is 0 Å². The minimum Gasteiger partial charge on any atom is -0.406 e. The Morgan fingerprint density at radius 2 is 1.96 bits per heavy atom. The van der Waals surface area contributed by atoms with Crippen molar-refractivity contribution in [2.24, 2.45) is 0 Å². The summed E-state index contributed by atoms with van der Waals surface area (Å²) in [5.41, 5.74) is 0.780. The molecule has 0 atom stereocenters. The lowest BCUT2D eigenvalue weighted by Crippen LogP contribution is -2.41. The Bertz CT molecular complexity index is 842. The number of rotatable bonds is 4. The summed E-state index contributed by atoms with van der Waals surface area (Å²) in [6.45, 7) is -0.235. The lowest BCUT2D eigenvalue weighted by Gasteiger charge is -2.28. The quantitative estimate of drug-likeness (QED) is 0.877. The number of nitrogens with one attached hydrogen (secondary N) is 1. The molecule has 0 fully saturated rings. The Labute approximate surface area is 151 Å². The van der Waals surface area contributed by atoms with Crippen LogP contribution in [0.4, 0.5) is 24.5 Å². The Balaban J connectivity index is 1.70. The van der Waals surface area contributed by atoms with Crippen LogP contribution in [0.2, 0.25) is 0 Å². The van der Waals surface area contributed by atoms with Gasteiger partial charge in [0.25, 0.3) is 0 Å². The van der Waals surface area contributed by atoms with Crippen LogP contribution >= 0.6 is 11.8 Å². The van der Waals surface area contributed by atoms with E-state index in [1.54, 1.807) is 12.1 Å². The van der Waals surface area contributed by atoms with E-state index in [1.165, 1.54) is 28.8 Å². The number of halogens is 3. The number of alkyl halides is 3. The normalized spacial score (nSPS) is 14.0. The number of thioether (sulfide) groups is 1. The summed E-state index contributed by atoms with van der Waals surface area (Å²) in [7, 11) is 0. The molecule has 2 amide bonds. The fraction of sp³-hybridized carbons (Fsp3) is 0.176. The highest BCUT2D eigenvalue weighted by molar-refractivity contribution is 8.00. The third-order valence-electron chi connectivity index (χ3n) is 3.46. The van der Waals surface area contributed by atoms with E-state index in [1.807, 2.05) is 12.1 Å². The first-order chi connectivity index (χ1) is 12.3. The minimum atomic E-state index is -4.82. The number of hydrogen-bond acceptors (Lipinski definition) is 4. The third-order valence-corrected chi connectivity index (χ3v) is 4.51. The summed E-state index contributed by atoms with van der Waals surface area (Å²) < 4.78 is 40.6. The molecule has 0 spiro atoms. The van der Waals surface area contributed by atoms with Gasteiger partial charge in [-0.1, -0.05) is 18.2 Å². The molecule has 5 nitrogen and oxygen atoms in total. The molecule has 3 rings (SSSR count). The number of fused-ring (bicyclic) bond motifs is 1. The van der Waals surface area contributed by atoms with Crippen molar-refractivity contribution >= 4 is 35.0 Å². The van der Waals surface area contributed by atoms with Crippen molar-refractivity contribution < 1.29 is 27.5 Å². The van der Waals surface area contributed by atoms with Crippen molar-refractivity contribution in [1.82, 2.24) is 0 Å². The molecule has 2 aromatic carbocycles. The van der Waals surface area contributed by atoms with Gasteiger partial charge in [-0.25, -0.2) is 0 Å². The molecule has 0 radical (unpaired) electrons. The molecule has 26 heavy (non-hydrogen) atoms. The van der Waals surface area contributed by atoms with Gasteiger partial charge in [0.1, 0.15) is 12.3 Å². The topological polar surface area (TPSA) is 58.6 Å². The molecule has 0 aliphatic carbocycles. The van der Waals surface area contributed by atoms with Gasteiger partial charge in [-0.15, -0.1) is 24.9 Å². The second-order valence-electron chi connectivity index (χ2n) is 5.36. The molecule has 2 aromatic rings. The van der Waals surface area contributed by atoms with E-state index in [0.717, 1.165) is 17.0 Å². The van der Waals surface area contributed by atoms with E-state index in [-0.39, 0.29) is 23.9 Å². The number of anilines is 2. The first-order valence-corrected chi connectivity index (χ1v) is 8.48. The van der Waals surface area contributed by atoms with E-state index >= 15 is 0 Å². The van der Waals surface area contributed by atoms with Gasteiger partial charge < -0.3 is 15.0 Å². The zero-order valence-corrected chi connectivity index (χ0v) is 14.1. The van der Waals surface area contributed by atoms with Gasteiger partial charge >= 0.3 is 6.36 Å². The molecule has 0 saturated heterocycles. The second kappa shape index (κ2) is 7.28. The van der Waals surface area contributed by atoms with E-state index in [2.05, 4.69) is 10.1 Å². The van der Waals surface area contributed by atoms with Crippen LogP contribution in [0.1, 0.15) is 0 Å². The van der Waals surface area contributed by atoms with Crippen LogP contribution in [0, 0.1) is 0 Å². The molecular formula is C17H13F3N2O3S. The van der Waals surface area contributed by atoms with Crippen molar-refractivity contribution in [3.05, 3.63) is 48.5 Å². The summed E-state index contributed by atoms with van der Waals surface area (Å²) in [5.74, 6) is -0.951. The summed E-state index contributed by atoms with van der Waals surface area (Å²) in [6.07, 6.45) is -4.82. The molecule has 0 unspecified atom stereocenters. The number of nitrogens with zero attached hydrogens (tertiary/aromatic N) is 1. The average molecular weight is 382 g/mol. The molecule has 1 heterocycles. The molecule has 1 aliphatic rings. The highest BCUT2D eigenvalue weighted by Gasteiger charge is 2.31. The largest absolute Gasteiger partial charge is 0.573 e. The number of hydrogen-bond donors (Lipinski definition) is 1. The number of para-hydroxylation sites is 1. The van der Waals surface area contributed by atoms with Gasteiger partial charge in [0.15, 0.2) is 0 Å². The van der Waals surface area contributed by atoms with Crippen molar-refractivity contribution in [2.75, 3.05) is 22.5 Å².